The number of aromatic nitrogens is 3. The van der Waals surface area contributed by atoms with Gasteiger partial charge in [-0.3, -0.25) is 10.9 Å². The van der Waals surface area contributed by atoms with E-state index in [1.807, 2.05) is 30.3 Å². The molecule has 8 nitrogen and oxygen atoms in total. The van der Waals surface area contributed by atoms with Crippen LogP contribution in [0.5, 0.6) is 0 Å². The van der Waals surface area contributed by atoms with Crippen molar-refractivity contribution in [3.63, 3.8) is 0 Å². The van der Waals surface area contributed by atoms with E-state index in [1.165, 1.54) is 6.33 Å². The molecule has 0 saturated heterocycles. The van der Waals surface area contributed by atoms with E-state index in [0.717, 1.165) is 5.69 Å². The van der Waals surface area contributed by atoms with Crippen LogP contribution in [0.15, 0.2) is 47.2 Å². The summed E-state index contributed by atoms with van der Waals surface area (Å²) >= 11 is 0. The topological polar surface area (TPSA) is 114 Å². The summed E-state index contributed by atoms with van der Waals surface area (Å²) in [5.74, 6) is 2.13. The van der Waals surface area contributed by atoms with Crippen LogP contribution in [0.4, 0.5) is 28.8 Å². The van der Waals surface area contributed by atoms with Crippen LogP contribution >= 0.6 is 0 Å². The summed E-state index contributed by atoms with van der Waals surface area (Å²) in [6.07, 6.45) is 1.40. The fourth-order valence-electron chi connectivity index (χ4n) is 1.79. The number of aryl methyl sites for hydroxylation is 1. The highest BCUT2D eigenvalue weighted by atomic mass is 16.5. The Morgan fingerprint density at radius 2 is 1.82 bits per heavy atom. The number of para-hydroxylation sites is 1. The molecular formula is C14H15N7O. The van der Waals surface area contributed by atoms with E-state index >= 15 is 0 Å². The van der Waals surface area contributed by atoms with Crippen molar-refractivity contribution in [2.45, 2.75) is 6.92 Å². The average Bonchev–Trinajstić information content (AvgIpc) is 2.94. The van der Waals surface area contributed by atoms with E-state index < -0.39 is 0 Å². The van der Waals surface area contributed by atoms with E-state index in [-0.39, 0.29) is 0 Å². The second-order valence-electron chi connectivity index (χ2n) is 4.55. The van der Waals surface area contributed by atoms with Gasteiger partial charge in [-0.15, -0.1) is 0 Å². The van der Waals surface area contributed by atoms with Gasteiger partial charge >= 0.3 is 0 Å². The molecule has 22 heavy (non-hydrogen) atoms. The van der Waals surface area contributed by atoms with Crippen molar-refractivity contribution >= 4 is 28.8 Å². The second-order valence-corrected chi connectivity index (χ2v) is 4.55. The highest BCUT2D eigenvalue weighted by Gasteiger charge is 2.10. The molecule has 0 amide bonds. The SMILES string of the molecule is Cc1cc(Nc2ncnc(NNc3ccccc3)c2N)no1. The molecular weight excluding hydrogens is 282 g/mol. The molecule has 0 spiro atoms. The molecule has 2 aromatic heterocycles. The Labute approximate surface area is 126 Å². The first-order chi connectivity index (χ1) is 10.7. The molecule has 0 aliphatic carbocycles. The maximum absolute atomic E-state index is 6.05. The predicted molar refractivity (Wildman–Crippen MR) is 84.7 cm³/mol. The lowest BCUT2D eigenvalue weighted by Crippen LogP contribution is -2.13. The first-order valence-corrected chi connectivity index (χ1v) is 6.60. The summed E-state index contributed by atoms with van der Waals surface area (Å²) in [5.41, 5.74) is 13.3. The predicted octanol–water partition coefficient (Wildman–Crippen LogP) is 2.54. The third-order valence-electron chi connectivity index (χ3n) is 2.86. The molecule has 0 saturated carbocycles. The number of rotatable bonds is 5. The van der Waals surface area contributed by atoms with Gasteiger partial charge in [-0.25, -0.2) is 9.97 Å². The van der Waals surface area contributed by atoms with E-state index in [1.54, 1.807) is 13.0 Å². The van der Waals surface area contributed by atoms with Crippen LogP contribution in [0.25, 0.3) is 0 Å². The molecule has 0 aliphatic rings. The van der Waals surface area contributed by atoms with E-state index in [2.05, 4.69) is 31.3 Å². The smallest absolute Gasteiger partial charge is 0.175 e. The van der Waals surface area contributed by atoms with Crippen LogP contribution in [0.2, 0.25) is 0 Å². The van der Waals surface area contributed by atoms with Crippen LogP contribution in [-0.4, -0.2) is 15.1 Å². The number of nitrogen functional groups attached to an aromatic ring is 1. The van der Waals surface area contributed by atoms with Gasteiger partial charge in [0.1, 0.15) is 17.8 Å². The number of nitrogens with zero attached hydrogens (tertiary/aromatic N) is 3. The molecule has 112 valence electrons. The average molecular weight is 297 g/mol. The third kappa shape index (κ3) is 3.06. The van der Waals surface area contributed by atoms with E-state index in [0.29, 0.717) is 28.9 Å². The standard InChI is InChI=1S/C14H15N7O/c1-9-7-11(21-22-9)18-13-12(15)14(17-8-16-13)20-19-10-5-3-2-4-6-10/h2-8,19H,15H2,1H3,(H2,16,17,18,20,21). The van der Waals surface area contributed by atoms with E-state index in [9.17, 15) is 0 Å². The minimum atomic E-state index is 0.367. The van der Waals surface area contributed by atoms with Gasteiger partial charge in [-0.1, -0.05) is 23.4 Å². The number of nitrogens with two attached hydrogens (primary N) is 1. The van der Waals surface area contributed by atoms with Crippen molar-refractivity contribution in [1.29, 1.82) is 0 Å². The van der Waals surface area contributed by atoms with Crippen LogP contribution < -0.4 is 21.9 Å². The van der Waals surface area contributed by atoms with Crippen molar-refractivity contribution < 1.29 is 4.52 Å². The lowest BCUT2D eigenvalue weighted by atomic mass is 10.3. The molecule has 8 heteroatoms. The molecule has 0 fully saturated rings. The molecule has 2 heterocycles. The van der Waals surface area contributed by atoms with Gasteiger partial charge < -0.3 is 15.6 Å². The maximum Gasteiger partial charge on any atom is 0.175 e. The number of anilines is 5. The van der Waals surface area contributed by atoms with Crippen LogP contribution in [0.1, 0.15) is 5.76 Å². The summed E-state index contributed by atoms with van der Waals surface area (Å²) in [4.78, 5) is 8.21. The summed E-state index contributed by atoms with van der Waals surface area (Å²) in [5, 5.41) is 6.82. The summed E-state index contributed by atoms with van der Waals surface area (Å²) < 4.78 is 4.99. The zero-order chi connectivity index (χ0) is 15.4. The molecule has 0 bridgehead atoms. The Morgan fingerprint density at radius 1 is 1.05 bits per heavy atom. The lowest BCUT2D eigenvalue weighted by molar-refractivity contribution is 0.400. The Balaban J connectivity index is 1.74. The largest absolute Gasteiger partial charge is 0.393 e. The van der Waals surface area contributed by atoms with Crippen molar-refractivity contribution in [3.05, 3.63) is 48.5 Å². The molecule has 3 rings (SSSR count). The molecule has 3 aromatic rings. The number of hydrazine groups is 1. The molecule has 0 aliphatic heterocycles. The van der Waals surface area contributed by atoms with Gasteiger partial charge in [0.2, 0.25) is 0 Å². The Hall–Kier alpha value is -3.29. The zero-order valence-electron chi connectivity index (χ0n) is 11.9. The van der Waals surface area contributed by atoms with Gasteiger partial charge in [0.15, 0.2) is 17.5 Å². The molecule has 0 unspecified atom stereocenters. The zero-order valence-corrected chi connectivity index (χ0v) is 11.9. The highest BCUT2D eigenvalue weighted by Crippen LogP contribution is 2.25. The monoisotopic (exact) mass is 297 g/mol. The first-order valence-electron chi connectivity index (χ1n) is 6.60. The lowest BCUT2D eigenvalue weighted by Gasteiger charge is -2.12. The normalized spacial score (nSPS) is 10.2. The van der Waals surface area contributed by atoms with Crippen molar-refractivity contribution in [2.75, 3.05) is 21.9 Å². The molecule has 0 radical (unpaired) electrons. The highest BCUT2D eigenvalue weighted by molar-refractivity contribution is 5.77. The number of hydrogen-bond donors (Lipinski definition) is 4. The Kier molecular flexibility index (Phi) is 3.73. The Bertz CT molecular complexity index is 757. The second kappa shape index (κ2) is 6.00. The summed E-state index contributed by atoms with van der Waals surface area (Å²) in [6, 6.07) is 11.4. The van der Waals surface area contributed by atoms with Crippen molar-refractivity contribution in [3.8, 4) is 0 Å². The first kappa shape index (κ1) is 13.7. The molecule has 1 aromatic carbocycles. The minimum Gasteiger partial charge on any atom is -0.393 e. The summed E-state index contributed by atoms with van der Waals surface area (Å²) in [6.45, 7) is 1.80. The van der Waals surface area contributed by atoms with Gasteiger partial charge in [0, 0.05) is 6.07 Å². The summed E-state index contributed by atoms with van der Waals surface area (Å²) in [7, 11) is 0. The van der Waals surface area contributed by atoms with Gasteiger partial charge in [0.25, 0.3) is 0 Å². The van der Waals surface area contributed by atoms with Gasteiger partial charge in [-0.05, 0) is 19.1 Å². The fourth-order valence-corrected chi connectivity index (χ4v) is 1.79. The number of nitrogens with one attached hydrogen (secondary N) is 3. The van der Waals surface area contributed by atoms with Gasteiger partial charge in [-0.2, -0.15) is 0 Å². The quantitative estimate of drug-likeness (QED) is 0.531. The van der Waals surface area contributed by atoms with Crippen molar-refractivity contribution in [1.82, 2.24) is 15.1 Å². The molecule has 0 atom stereocenters. The number of hydrogen-bond acceptors (Lipinski definition) is 8. The van der Waals surface area contributed by atoms with Crippen molar-refractivity contribution in [2.24, 2.45) is 0 Å². The number of benzene rings is 1. The Morgan fingerprint density at radius 3 is 2.55 bits per heavy atom. The molecule has 5 N–H and O–H groups in total. The van der Waals surface area contributed by atoms with Crippen LogP contribution in [-0.2, 0) is 0 Å². The minimum absolute atomic E-state index is 0.367. The maximum atomic E-state index is 6.05. The third-order valence-corrected chi connectivity index (χ3v) is 2.86. The van der Waals surface area contributed by atoms with E-state index in [4.69, 9.17) is 10.3 Å². The van der Waals surface area contributed by atoms with Crippen LogP contribution in [0, 0.1) is 6.92 Å². The van der Waals surface area contributed by atoms with Crippen LogP contribution in [0.3, 0.4) is 0 Å². The van der Waals surface area contributed by atoms with Gasteiger partial charge in [0.05, 0.1) is 5.69 Å². The fraction of sp³-hybridized carbons (Fsp3) is 0.0714.